The van der Waals surface area contributed by atoms with Gasteiger partial charge in [-0.3, -0.25) is 9.36 Å². The lowest BCUT2D eigenvalue weighted by Crippen LogP contribution is -2.35. The molecule has 0 aliphatic rings. The summed E-state index contributed by atoms with van der Waals surface area (Å²) in [7, 11) is 3.10. The molecule has 9 nitrogen and oxygen atoms in total. The number of aromatic nitrogens is 4. The van der Waals surface area contributed by atoms with E-state index in [4.69, 9.17) is 25.6 Å². The number of benzene rings is 3. The normalized spacial score (nSPS) is 11.1. The lowest BCUT2D eigenvalue weighted by Gasteiger charge is -2.08. The second kappa shape index (κ2) is 9.11. The zero-order valence-electron chi connectivity index (χ0n) is 18.7. The molecule has 0 aliphatic carbocycles. The van der Waals surface area contributed by atoms with E-state index in [1.807, 2.05) is 0 Å². The molecule has 176 valence electrons. The van der Waals surface area contributed by atoms with Crippen molar-refractivity contribution in [3.05, 3.63) is 92.1 Å². The van der Waals surface area contributed by atoms with Crippen LogP contribution in [0.1, 0.15) is 5.56 Å². The fraction of sp³-hybridized carbons (Fsp3) is 0.120. The van der Waals surface area contributed by atoms with Crippen LogP contribution in [0.5, 0.6) is 11.5 Å². The standard InChI is InChI=1S/C25H19ClN4O5/c1-33-20-9-7-15(12-21(20)34-2)22-28-23(35-29-22)16-6-8-18-19(11-16)27-25(32)30(24(18)31)13-14-4-3-5-17(26)10-14/h3-12H,13H2,1-2H3,(H,27,32). The summed E-state index contributed by atoms with van der Waals surface area (Å²) in [5.41, 5.74) is 1.40. The van der Waals surface area contributed by atoms with Crippen LogP contribution in [0.4, 0.5) is 0 Å². The molecule has 0 spiro atoms. The van der Waals surface area contributed by atoms with Gasteiger partial charge in [0.2, 0.25) is 5.82 Å². The van der Waals surface area contributed by atoms with Crippen molar-refractivity contribution >= 4 is 22.5 Å². The summed E-state index contributed by atoms with van der Waals surface area (Å²) in [6.07, 6.45) is 0. The molecule has 0 saturated heterocycles. The molecule has 10 heteroatoms. The van der Waals surface area contributed by atoms with Gasteiger partial charge in [0, 0.05) is 16.1 Å². The van der Waals surface area contributed by atoms with Crippen molar-refractivity contribution in [2.24, 2.45) is 0 Å². The number of nitrogens with zero attached hydrogens (tertiary/aromatic N) is 3. The topological polar surface area (TPSA) is 112 Å². The quantitative estimate of drug-likeness (QED) is 0.381. The molecule has 0 fully saturated rings. The minimum Gasteiger partial charge on any atom is -0.493 e. The molecular formula is C25H19ClN4O5. The first kappa shape index (κ1) is 22.4. The summed E-state index contributed by atoms with van der Waals surface area (Å²) < 4.78 is 17.2. The molecule has 0 radical (unpaired) electrons. The molecule has 0 amide bonds. The molecule has 0 atom stereocenters. The van der Waals surface area contributed by atoms with E-state index in [-0.39, 0.29) is 12.4 Å². The van der Waals surface area contributed by atoms with Crippen molar-refractivity contribution in [2.45, 2.75) is 6.54 Å². The summed E-state index contributed by atoms with van der Waals surface area (Å²) >= 11 is 6.03. The Hall–Kier alpha value is -4.37. The molecule has 0 aliphatic heterocycles. The Morgan fingerprint density at radius 2 is 1.77 bits per heavy atom. The smallest absolute Gasteiger partial charge is 0.329 e. The highest BCUT2D eigenvalue weighted by Crippen LogP contribution is 2.32. The summed E-state index contributed by atoms with van der Waals surface area (Å²) in [5.74, 6) is 1.71. The van der Waals surface area contributed by atoms with Gasteiger partial charge in [0.25, 0.3) is 11.4 Å². The first-order valence-electron chi connectivity index (χ1n) is 10.5. The average molecular weight is 491 g/mol. The number of nitrogens with one attached hydrogen (secondary N) is 1. The zero-order chi connectivity index (χ0) is 24.5. The van der Waals surface area contributed by atoms with E-state index in [1.165, 1.54) is 0 Å². The monoisotopic (exact) mass is 490 g/mol. The third-order valence-corrected chi connectivity index (χ3v) is 5.76. The van der Waals surface area contributed by atoms with Gasteiger partial charge in [-0.2, -0.15) is 4.98 Å². The van der Waals surface area contributed by atoms with Crippen LogP contribution in [-0.4, -0.2) is 33.9 Å². The maximum atomic E-state index is 13.0. The lowest BCUT2D eigenvalue weighted by atomic mass is 10.1. The van der Waals surface area contributed by atoms with Gasteiger partial charge in [-0.1, -0.05) is 28.9 Å². The SMILES string of the molecule is COc1ccc(-c2noc(-c3ccc4c(=O)n(Cc5cccc(Cl)c5)c(=O)[nH]c4c3)n2)cc1OC. The minimum absolute atomic E-state index is 0.102. The number of aromatic amines is 1. The van der Waals surface area contributed by atoms with Crippen LogP contribution >= 0.6 is 11.6 Å². The Morgan fingerprint density at radius 3 is 2.54 bits per heavy atom. The number of rotatable bonds is 6. The molecule has 0 unspecified atom stereocenters. The fourth-order valence-electron chi connectivity index (χ4n) is 3.78. The van der Waals surface area contributed by atoms with Gasteiger partial charge in [0.05, 0.1) is 31.7 Å². The van der Waals surface area contributed by atoms with Crippen LogP contribution in [-0.2, 0) is 6.54 Å². The molecular weight excluding hydrogens is 472 g/mol. The number of methoxy groups -OCH3 is 2. The van der Waals surface area contributed by atoms with Gasteiger partial charge in [0.1, 0.15) is 0 Å². The van der Waals surface area contributed by atoms with Gasteiger partial charge in [-0.25, -0.2) is 4.79 Å². The second-order valence-corrected chi connectivity index (χ2v) is 8.14. The van der Waals surface area contributed by atoms with Crippen molar-refractivity contribution in [3.63, 3.8) is 0 Å². The third-order valence-electron chi connectivity index (χ3n) is 5.53. The Balaban J connectivity index is 1.50. The van der Waals surface area contributed by atoms with Gasteiger partial charge < -0.3 is 19.0 Å². The molecule has 2 aromatic heterocycles. The van der Waals surface area contributed by atoms with Crippen LogP contribution in [0.3, 0.4) is 0 Å². The molecule has 5 aromatic rings. The summed E-state index contributed by atoms with van der Waals surface area (Å²) in [4.78, 5) is 32.9. The Kier molecular flexibility index (Phi) is 5.84. The predicted molar refractivity (Wildman–Crippen MR) is 131 cm³/mol. The minimum atomic E-state index is -0.531. The number of fused-ring (bicyclic) bond motifs is 1. The molecule has 0 saturated carbocycles. The van der Waals surface area contributed by atoms with Crippen molar-refractivity contribution in [2.75, 3.05) is 14.2 Å². The van der Waals surface area contributed by atoms with Gasteiger partial charge in [-0.05, 0) is 54.1 Å². The summed E-state index contributed by atoms with van der Waals surface area (Å²) in [5, 5.41) is 4.93. The Morgan fingerprint density at radius 1 is 0.971 bits per heavy atom. The second-order valence-electron chi connectivity index (χ2n) is 7.70. The van der Waals surface area contributed by atoms with Crippen molar-refractivity contribution in [1.82, 2.24) is 19.7 Å². The van der Waals surface area contributed by atoms with Crippen LogP contribution in [0.25, 0.3) is 33.7 Å². The number of hydrogen-bond donors (Lipinski definition) is 1. The van der Waals surface area contributed by atoms with E-state index in [0.29, 0.717) is 44.4 Å². The van der Waals surface area contributed by atoms with Gasteiger partial charge in [0.15, 0.2) is 11.5 Å². The van der Waals surface area contributed by atoms with E-state index >= 15 is 0 Å². The highest BCUT2D eigenvalue weighted by atomic mass is 35.5. The van der Waals surface area contributed by atoms with Gasteiger partial charge in [-0.15, -0.1) is 0 Å². The van der Waals surface area contributed by atoms with E-state index in [9.17, 15) is 9.59 Å². The van der Waals surface area contributed by atoms with Gasteiger partial charge >= 0.3 is 5.69 Å². The molecule has 0 bridgehead atoms. The number of halogens is 1. The molecule has 3 aromatic carbocycles. The van der Waals surface area contributed by atoms with E-state index < -0.39 is 11.2 Å². The molecule has 1 N–H and O–H groups in total. The predicted octanol–water partition coefficient (Wildman–Crippen LogP) is 4.13. The van der Waals surface area contributed by atoms with Crippen molar-refractivity contribution in [1.29, 1.82) is 0 Å². The maximum Gasteiger partial charge on any atom is 0.329 e. The largest absolute Gasteiger partial charge is 0.493 e. The van der Waals surface area contributed by atoms with E-state index in [0.717, 1.165) is 10.1 Å². The van der Waals surface area contributed by atoms with Crippen LogP contribution in [0.2, 0.25) is 5.02 Å². The highest BCUT2D eigenvalue weighted by molar-refractivity contribution is 6.30. The average Bonchev–Trinajstić information content (AvgIpc) is 3.36. The first-order valence-corrected chi connectivity index (χ1v) is 10.9. The maximum absolute atomic E-state index is 13.0. The molecule has 35 heavy (non-hydrogen) atoms. The molecule has 5 rings (SSSR count). The number of hydrogen-bond acceptors (Lipinski definition) is 7. The zero-order valence-corrected chi connectivity index (χ0v) is 19.5. The number of ether oxygens (including phenoxy) is 2. The Labute approximate surface area is 203 Å². The lowest BCUT2D eigenvalue weighted by molar-refractivity contribution is 0.355. The number of H-pyrrole nitrogens is 1. The Bertz CT molecular complexity index is 1670. The highest BCUT2D eigenvalue weighted by Gasteiger charge is 2.15. The van der Waals surface area contributed by atoms with E-state index in [1.54, 1.807) is 74.9 Å². The van der Waals surface area contributed by atoms with Crippen molar-refractivity contribution < 1.29 is 14.0 Å². The van der Waals surface area contributed by atoms with E-state index in [2.05, 4.69) is 15.1 Å². The summed E-state index contributed by atoms with van der Waals surface area (Å²) in [6, 6.07) is 17.2. The van der Waals surface area contributed by atoms with Crippen LogP contribution in [0, 0.1) is 0 Å². The van der Waals surface area contributed by atoms with Crippen LogP contribution < -0.4 is 20.7 Å². The fourth-order valence-corrected chi connectivity index (χ4v) is 4.00. The van der Waals surface area contributed by atoms with Crippen molar-refractivity contribution in [3.8, 4) is 34.3 Å². The van der Waals surface area contributed by atoms with Crippen LogP contribution in [0.15, 0.2) is 74.8 Å². The summed E-state index contributed by atoms with van der Waals surface area (Å²) in [6.45, 7) is 0.102. The molecule has 2 heterocycles. The first-order chi connectivity index (χ1) is 17.0. The third kappa shape index (κ3) is 4.29.